The first-order chi connectivity index (χ1) is 8.36. The third kappa shape index (κ3) is 2.87. The van der Waals surface area contributed by atoms with Crippen LogP contribution in [0.25, 0.3) is 0 Å². The van der Waals surface area contributed by atoms with E-state index in [1.807, 2.05) is 0 Å². The Labute approximate surface area is 108 Å². The summed E-state index contributed by atoms with van der Waals surface area (Å²) < 4.78 is 0. The van der Waals surface area contributed by atoms with Crippen LogP contribution in [0.2, 0.25) is 0 Å². The maximum Gasteiger partial charge on any atom is 0.140 e. The van der Waals surface area contributed by atoms with E-state index in [9.17, 15) is 9.59 Å². The van der Waals surface area contributed by atoms with Crippen LogP contribution in [0.4, 0.5) is 0 Å². The molecule has 0 atom stereocenters. The third-order valence-electron chi connectivity index (χ3n) is 3.59. The van der Waals surface area contributed by atoms with Crippen LogP contribution in [-0.2, 0) is 15.0 Å². The fourth-order valence-corrected chi connectivity index (χ4v) is 2.48. The Bertz CT molecular complexity index is 447. The summed E-state index contributed by atoms with van der Waals surface area (Å²) in [4.78, 5) is 22.9. The Morgan fingerprint density at radius 2 is 1.44 bits per heavy atom. The van der Waals surface area contributed by atoms with Crippen LogP contribution in [0, 0.1) is 0 Å². The smallest absolute Gasteiger partial charge is 0.140 e. The van der Waals surface area contributed by atoms with Crippen molar-refractivity contribution in [3.05, 3.63) is 35.4 Å². The molecule has 18 heavy (non-hydrogen) atoms. The molecule has 0 saturated heterocycles. The molecule has 0 N–H and O–H groups in total. The molecule has 0 amide bonds. The van der Waals surface area contributed by atoms with E-state index in [2.05, 4.69) is 45.0 Å². The van der Waals surface area contributed by atoms with Crippen molar-refractivity contribution < 1.29 is 9.59 Å². The Morgan fingerprint density at radius 1 is 0.944 bits per heavy atom. The largest absolute Gasteiger partial charge is 0.299 e. The SMILES string of the molecule is CC(C)(C)c1ccc(C2CC(=O)CC(=O)C2)cc1. The van der Waals surface area contributed by atoms with Crippen LogP contribution in [0.15, 0.2) is 24.3 Å². The molecule has 1 saturated carbocycles. The molecule has 0 aromatic heterocycles. The Kier molecular flexibility index (Phi) is 3.38. The molecule has 1 aliphatic carbocycles. The second-order valence-corrected chi connectivity index (χ2v) is 6.23. The van der Waals surface area contributed by atoms with E-state index in [-0.39, 0.29) is 29.3 Å². The fraction of sp³-hybridized carbons (Fsp3) is 0.500. The predicted molar refractivity (Wildman–Crippen MR) is 71.7 cm³/mol. The van der Waals surface area contributed by atoms with E-state index < -0.39 is 0 Å². The maximum atomic E-state index is 11.5. The van der Waals surface area contributed by atoms with Crippen LogP contribution in [0.5, 0.6) is 0 Å². The zero-order chi connectivity index (χ0) is 13.3. The maximum absolute atomic E-state index is 11.5. The zero-order valence-electron chi connectivity index (χ0n) is 11.3. The summed E-state index contributed by atoms with van der Waals surface area (Å²) in [5.74, 6) is 0.250. The van der Waals surface area contributed by atoms with Gasteiger partial charge in [-0.3, -0.25) is 9.59 Å². The van der Waals surface area contributed by atoms with Gasteiger partial charge in [0.1, 0.15) is 11.6 Å². The molecule has 96 valence electrons. The molecule has 0 bridgehead atoms. The molecule has 0 unspecified atom stereocenters. The number of hydrogen-bond acceptors (Lipinski definition) is 2. The molecule has 1 aliphatic rings. The van der Waals surface area contributed by atoms with Gasteiger partial charge in [0.2, 0.25) is 0 Å². The molecule has 2 heteroatoms. The second kappa shape index (κ2) is 4.68. The van der Waals surface area contributed by atoms with Crippen molar-refractivity contribution in [3.8, 4) is 0 Å². The van der Waals surface area contributed by atoms with Crippen molar-refractivity contribution >= 4 is 11.6 Å². The molecular formula is C16H20O2. The highest BCUT2D eigenvalue weighted by Gasteiger charge is 2.26. The van der Waals surface area contributed by atoms with Gasteiger partial charge in [-0.25, -0.2) is 0 Å². The lowest BCUT2D eigenvalue weighted by Crippen LogP contribution is -2.21. The second-order valence-electron chi connectivity index (χ2n) is 6.23. The highest BCUT2D eigenvalue weighted by Crippen LogP contribution is 2.31. The lowest BCUT2D eigenvalue weighted by molar-refractivity contribution is -0.130. The molecule has 1 fully saturated rings. The van der Waals surface area contributed by atoms with Gasteiger partial charge in [0, 0.05) is 12.8 Å². The lowest BCUT2D eigenvalue weighted by Gasteiger charge is -2.23. The molecule has 0 radical (unpaired) electrons. The van der Waals surface area contributed by atoms with Crippen molar-refractivity contribution in [2.75, 3.05) is 0 Å². The Hall–Kier alpha value is -1.44. The zero-order valence-corrected chi connectivity index (χ0v) is 11.3. The molecule has 2 rings (SSSR count). The minimum absolute atomic E-state index is 0.0798. The summed E-state index contributed by atoms with van der Waals surface area (Å²) in [5, 5.41) is 0. The summed E-state index contributed by atoms with van der Waals surface area (Å²) in [6, 6.07) is 8.35. The normalized spacial score (nSPS) is 18.2. The molecule has 0 aliphatic heterocycles. The van der Waals surface area contributed by atoms with Crippen molar-refractivity contribution in [1.29, 1.82) is 0 Å². The first-order valence-corrected chi connectivity index (χ1v) is 6.50. The average Bonchev–Trinajstić information content (AvgIpc) is 2.27. The molecule has 1 aromatic carbocycles. The summed E-state index contributed by atoms with van der Waals surface area (Å²) >= 11 is 0. The van der Waals surface area contributed by atoms with Crippen LogP contribution in [-0.4, -0.2) is 11.6 Å². The molecule has 0 heterocycles. The van der Waals surface area contributed by atoms with Crippen molar-refractivity contribution in [3.63, 3.8) is 0 Å². The number of carbonyl (C=O) groups excluding carboxylic acids is 2. The van der Waals surface area contributed by atoms with Gasteiger partial charge in [0.05, 0.1) is 6.42 Å². The number of Topliss-reactive ketones (excluding diaryl/α,β-unsaturated/α-hetero) is 2. The van der Waals surface area contributed by atoms with Gasteiger partial charge in [-0.1, -0.05) is 45.0 Å². The minimum Gasteiger partial charge on any atom is -0.299 e. The number of hydrogen-bond donors (Lipinski definition) is 0. The topological polar surface area (TPSA) is 34.1 Å². The van der Waals surface area contributed by atoms with Gasteiger partial charge < -0.3 is 0 Å². The number of rotatable bonds is 1. The van der Waals surface area contributed by atoms with Gasteiger partial charge in [-0.05, 0) is 22.5 Å². The third-order valence-corrected chi connectivity index (χ3v) is 3.59. The number of benzene rings is 1. The molecule has 2 nitrogen and oxygen atoms in total. The van der Waals surface area contributed by atoms with Gasteiger partial charge in [-0.15, -0.1) is 0 Å². The molecule has 1 aromatic rings. The first kappa shape index (κ1) is 13.0. The summed E-state index contributed by atoms with van der Waals surface area (Å²) in [5.41, 5.74) is 2.53. The first-order valence-electron chi connectivity index (χ1n) is 6.50. The number of carbonyl (C=O) groups is 2. The average molecular weight is 244 g/mol. The van der Waals surface area contributed by atoms with E-state index in [0.29, 0.717) is 12.8 Å². The van der Waals surface area contributed by atoms with Crippen LogP contribution >= 0.6 is 0 Å². The van der Waals surface area contributed by atoms with E-state index in [4.69, 9.17) is 0 Å². The molecular weight excluding hydrogens is 224 g/mol. The van der Waals surface area contributed by atoms with Gasteiger partial charge in [0.25, 0.3) is 0 Å². The van der Waals surface area contributed by atoms with E-state index >= 15 is 0 Å². The minimum atomic E-state index is 0.0798. The fourth-order valence-electron chi connectivity index (χ4n) is 2.48. The highest BCUT2D eigenvalue weighted by molar-refractivity contribution is 6.02. The van der Waals surface area contributed by atoms with Gasteiger partial charge in [-0.2, -0.15) is 0 Å². The Morgan fingerprint density at radius 3 is 1.89 bits per heavy atom. The monoisotopic (exact) mass is 244 g/mol. The van der Waals surface area contributed by atoms with Crippen molar-refractivity contribution in [1.82, 2.24) is 0 Å². The number of ketones is 2. The summed E-state index contributed by atoms with van der Waals surface area (Å²) in [7, 11) is 0. The highest BCUT2D eigenvalue weighted by atomic mass is 16.1. The predicted octanol–water partition coefficient (Wildman–Crippen LogP) is 3.39. The van der Waals surface area contributed by atoms with E-state index in [1.165, 1.54) is 5.56 Å². The standard InChI is InChI=1S/C16H20O2/c1-16(2,3)13-6-4-11(5-7-13)12-8-14(17)10-15(18)9-12/h4-7,12H,8-10H2,1-3H3. The quantitative estimate of drug-likeness (QED) is 0.710. The van der Waals surface area contributed by atoms with Gasteiger partial charge in [0.15, 0.2) is 0 Å². The molecule has 0 spiro atoms. The van der Waals surface area contributed by atoms with Gasteiger partial charge >= 0.3 is 0 Å². The summed E-state index contributed by atoms with van der Waals surface area (Å²) in [6.45, 7) is 6.53. The van der Waals surface area contributed by atoms with Crippen LogP contribution < -0.4 is 0 Å². The van der Waals surface area contributed by atoms with Crippen molar-refractivity contribution in [2.45, 2.75) is 51.4 Å². The van der Waals surface area contributed by atoms with Crippen LogP contribution in [0.3, 0.4) is 0 Å². The van der Waals surface area contributed by atoms with Crippen molar-refractivity contribution in [2.24, 2.45) is 0 Å². The Balaban J connectivity index is 2.19. The van der Waals surface area contributed by atoms with Crippen LogP contribution in [0.1, 0.15) is 57.1 Å². The summed E-state index contributed by atoms with van der Waals surface area (Å²) in [6.07, 6.45) is 1.16. The lowest BCUT2D eigenvalue weighted by atomic mass is 9.80. The van der Waals surface area contributed by atoms with E-state index in [0.717, 1.165) is 5.56 Å². The van der Waals surface area contributed by atoms with E-state index in [1.54, 1.807) is 0 Å².